The number of para-hydroxylation sites is 1. The Labute approximate surface area is 150 Å². The summed E-state index contributed by atoms with van der Waals surface area (Å²) < 4.78 is 1.77. The Morgan fingerprint density at radius 3 is 2.96 bits per heavy atom. The highest BCUT2D eigenvalue weighted by molar-refractivity contribution is 6.12. The molecule has 2 N–H and O–H groups in total. The molecule has 6 nitrogen and oxygen atoms in total. The SMILES string of the molecule is CCc1cccc2c(C(=O)Nc3ccn(Cc4cccnc4)n3)c[nH]c12. The van der Waals surface area contributed by atoms with Gasteiger partial charge in [0.2, 0.25) is 0 Å². The van der Waals surface area contributed by atoms with Crippen molar-refractivity contribution in [3.8, 4) is 0 Å². The summed E-state index contributed by atoms with van der Waals surface area (Å²) in [5.74, 6) is 0.357. The van der Waals surface area contributed by atoms with Gasteiger partial charge in [-0.05, 0) is 23.6 Å². The summed E-state index contributed by atoms with van der Waals surface area (Å²) in [6, 6.07) is 11.7. The first-order chi connectivity index (χ1) is 12.7. The van der Waals surface area contributed by atoms with Gasteiger partial charge in [0.05, 0.1) is 12.1 Å². The number of hydrogen-bond donors (Lipinski definition) is 2. The molecular formula is C20H19N5O. The molecule has 6 heteroatoms. The van der Waals surface area contributed by atoms with Crippen molar-refractivity contribution in [3.05, 3.63) is 77.9 Å². The van der Waals surface area contributed by atoms with Gasteiger partial charge in [-0.1, -0.05) is 31.2 Å². The van der Waals surface area contributed by atoms with Crippen molar-refractivity contribution in [3.63, 3.8) is 0 Å². The quantitative estimate of drug-likeness (QED) is 0.580. The molecule has 0 aliphatic heterocycles. The highest BCUT2D eigenvalue weighted by Gasteiger charge is 2.14. The van der Waals surface area contributed by atoms with Crippen LogP contribution in [0.4, 0.5) is 5.82 Å². The van der Waals surface area contributed by atoms with Gasteiger partial charge in [0.25, 0.3) is 5.91 Å². The number of rotatable bonds is 5. The lowest BCUT2D eigenvalue weighted by Crippen LogP contribution is -2.12. The molecule has 4 rings (SSSR count). The van der Waals surface area contributed by atoms with Gasteiger partial charge in [0, 0.05) is 41.8 Å². The maximum absolute atomic E-state index is 12.7. The van der Waals surface area contributed by atoms with Gasteiger partial charge in [0.1, 0.15) is 0 Å². The van der Waals surface area contributed by atoms with Gasteiger partial charge >= 0.3 is 0 Å². The van der Waals surface area contributed by atoms with Crippen LogP contribution in [-0.2, 0) is 13.0 Å². The van der Waals surface area contributed by atoms with E-state index in [-0.39, 0.29) is 5.91 Å². The molecule has 0 fully saturated rings. The van der Waals surface area contributed by atoms with E-state index in [1.165, 1.54) is 5.56 Å². The van der Waals surface area contributed by atoms with Crippen molar-refractivity contribution < 1.29 is 4.79 Å². The molecule has 130 valence electrons. The predicted octanol–water partition coefficient (Wildman–Crippen LogP) is 3.62. The molecule has 0 unspecified atom stereocenters. The molecule has 1 amide bonds. The molecule has 0 bridgehead atoms. The number of hydrogen-bond acceptors (Lipinski definition) is 3. The summed E-state index contributed by atoms with van der Waals surface area (Å²) in [6.45, 7) is 2.71. The number of aromatic nitrogens is 4. The molecule has 0 atom stereocenters. The Bertz CT molecular complexity index is 1050. The highest BCUT2D eigenvalue weighted by Crippen LogP contribution is 2.23. The lowest BCUT2D eigenvalue weighted by Gasteiger charge is -2.03. The Balaban J connectivity index is 1.52. The average molecular weight is 345 g/mol. The fraction of sp³-hybridized carbons (Fsp3) is 0.150. The minimum Gasteiger partial charge on any atom is -0.360 e. The van der Waals surface area contributed by atoms with E-state index in [0.717, 1.165) is 22.9 Å². The van der Waals surface area contributed by atoms with Crippen molar-refractivity contribution in [1.82, 2.24) is 19.7 Å². The lowest BCUT2D eigenvalue weighted by molar-refractivity contribution is 0.102. The smallest absolute Gasteiger partial charge is 0.259 e. The van der Waals surface area contributed by atoms with E-state index in [0.29, 0.717) is 17.9 Å². The molecule has 4 aromatic rings. The van der Waals surface area contributed by atoms with Crippen LogP contribution in [0.25, 0.3) is 10.9 Å². The van der Waals surface area contributed by atoms with E-state index in [2.05, 4.69) is 33.4 Å². The maximum atomic E-state index is 12.7. The van der Waals surface area contributed by atoms with E-state index in [1.54, 1.807) is 29.3 Å². The van der Waals surface area contributed by atoms with Crippen LogP contribution in [0.5, 0.6) is 0 Å². The van der Waals surface area contributed by atoms with Crippen LogP contribution in [0.3, 0.4) is 0 Å². The first-order valence-corrected chi connectivity index (χ1v) is 8.57. The van der Waals surface area contributed by atoms with Crippen molar-refractivity contribution in [2.24, 2.45) is 0 Å². The zero-order valence-electron chi connectivity index (χ0n) is 14.4. The zero-order chi connectivity index (χ0) is 17.9. The van der Waals surface area contributed by atoms with E-state index in [4.69, 9.17) is 0 Å². The molecule has 3 aromatic heterocycles. The normalized spacial score (nSPS) is 11.0. The molecule has 26 heavy (non-hydrogen) atoms. The lowest BCUT2D eigenvalue weighted by atomic mass is 10.1. The number of amides is 1. The number of aryl methyl sites for hydroxylation is 1. The topological polar surface area (TPSA) is 75.6 Å². The monoisotopic (exact) mass is 345 g/mol. The van der Waals surface area contributed by atoms with Crippen LogP contribution >= 0.6 is 0 Å². The number of carbonyl (C=O) groups excluding carboxylic acids is 1. The van der Waals surface area contributed by atoms with E-state index < -0.39 is 0 Å². The number of fused-ring (bicyclic) bond motifs is 1. The average Bonchev–Trinajstić information content (AvgIpc) is 3.29. The van der Waals surface area contributed by atoms with Crippen molar-refractivity contribution in [2.45, 2.75) is 19.9 Å². The predicted molar refractivity (Wildman–Crippen MR) is 101 cm³/mol. The largest absolute Gasteiger partial charge is 0.360 e. The molecule has 0 radical (unpaired) electrons. The summed E-state index contributed by atoms with van der Waals surface area (Å²) >= 11 is 0. The van der Waals surface area contributed by atoms with Gasteiger partial charge < -0.3 is 10.3 Å². The van der Waals surface area contributed by atoms with Crippen molar-refractivity contribution >= 4 is 22.6 Å². The second kappa shape index (κ2) is 6.84. The van der Waals surface area contributed by atoms with Crippen LogP contribution in [0, 0.1) is 0 Å². The van der Waals surface area contributed by atoms with Crippen LogP contribution in [0.2, 0.25) is 0 Å². The highest BCUT2D eigenvalue weighted by atomic mass is 16.1. The Morgan fingerprint density at radius 2 is 2.15 bits per heavy atom. The second-order valence-corrected chi connectivity index (χ2v) is 6.11. The van der Waals surface area contributed by atoms with Crippen LogP contribution in [0.15, 0.2) is 61.2 Å². The number of pyridine rings is 1. The van der Waals surface area contributed by atoms with Crippen molar-refractivity contribution in [1.29, 1.82) is 0 Å². The number of nitrogens with zero attached hydrogens (tertiary/aromatic N) is 3. The summed E-state index contributed by atoms with van der Waals surface area (Å²) in [6.07, 6.45) is 8.05. The van der Waals surface area contributed by atoms with E-state index in [9.17, 15) is 4.79 Å². The Hall–Kier alpha value is -3.41. The fourth-order valence-corrected chi connectivity index (χ4v) is 3.08. The molecule has 3 heterocycles. The van der Waals surface area contributed by atoms with Gasteiger partial charge in [-0.25, -0.2) is 0 Å². The van der Waals surface area contributed by atoms with Gasteiger partial charge in [-0.2, -0.15) is 5.10 Å². The summed E-state index contributed by atoms with van der Waals surface area (Å²) in [4.78, 5) is 20.0. The molecule has 0 aliphatic carbocycles. The fourth-order valence-electron chi connectivity index (χ4n) is 3.08. The first-order valence-electron chi connectivity index (χ1n) is 8.57. The van der Waals surface area contributed by atoms with E-state index in [1.807, 2.05) is 30.5 Å². The Morgan fingerprint density at radius 1 is 1.23 bits per heavy atom. The number of aromatic amines is 1. The standard InChI is InChI=1S/C20H19N5O/c1-2-15-6-3-7-16-17(12-22-19(15)16)20(26)23-18-8-10-25(24-18)13-14-5-4-9-21-11-14/h3-12,22H,2,13H2,1H3,(H,23,24,26). The third kappa shape index (κ3) is 3.09. The molecule has 0 aliphatic rings. The number of H-pyrrole nitrogens is 1. The summed E-state index contributed by atoms with van der Waals surface area (Å²) in [5, 5.41) is 8.22. The number of benzene rings is 1. The van der Waals surface area contributed by atoms with Crippen molar-refractivity contribution in [2.75, 3.05) is 5.32 Å². The van der Waals surface area contributed by atoms with Crippen LogP contribution in [0.1, 0.15) is 28.4 Å². The summed E-state index contributed by atoms with van der Waals surface area (Å²) in [5.41, 5.74) is 3.89. The molecule has 0 saturated carbocycles. The molecule has 0 saturated heterocycles. The van der Waals surface area contributed by atoms with Gasteiger partial charge in [-0.3, -0.25) is 14.5 Å². The molecular weight excluding hydrogens is 326 g/mol. The third-order valence-electron chi connectivity index (χ3n) is 4.38. The molecule has 1 aromatic carbocycles. The summed E-state index contributed by atoms with van der Waals surface area (Å²) in [7, 11) is 0. The third-order valence-corrected chi connectivity index (χ3v) is 4.38. The number of nitrogens with one attached hydrogen (secondary N) is 2. The van der Waals surface area contributed by atoms with E-state index >= 15 is 0 Å². The number of carbonyl (C=O) groups is 1. The number of anilines is 1. The maximum Gasteiger partial charge on any atom is 0.259 e. The minimum atomic E-state index is -0.170. The minimum absolute atomic E-state index is 0.170. The first kappa shape index (κ1) is 16.1. The second-order valence-electron chi connectivity index (χ2n) is 6.11. The van der Waals surface area contributed by atoms with Gasteiger partial charge in [0.15, 0.2) is 5.82 Å². The van der Waals surface area contributed by atoms with Crippen LogP contribution < -0.4 is 5.32 Å². The zero-order valence-corrected chi connectivity index (χ0v) is 14.4. The van der Waals surface area contributed by atoms with Crippen LogP contribution in [-0.4, -0.2) is 25.7 Å². The Kier molecular flexibility index (Phi) is 4.23. The van der Waals surface area contributed by atoms with Gasteiger partial charge in [-0.15, -0.1) is 0 Å². The molecule has 0 spiro atoms.